The first-order valence-corrected chi connectivity index (χ1v) is 17.8. The van der Waals surface area contributed by atoms with E-state index >= 15 is 0 Å². The van der Waals surface area contributed by atoms with E-state index in [0.29, 0.717) is 14.7 Å². The zero-order chi connectivity index (χ0) is 33.9. The maximum atomic E-state index is 13.0. The van der Waals surface area contributed by atoms with Gasteiger partial charge in [-0.25, -0.2) is 10.1 Å². The molecule has 1 aliphatic rings. The van der Waals surface area contributed by atoms with E-state index in [-0.39, 0.29) is 16.7 Å². The number of nitrogens with zero attached hydrogens (tertiary/aromatic N) is 6. The van der Waals surface area contributed by atoms with E-state index in [2.05, 4.69) is 111 Å². The van der Waals surface area contributed by atoms with E-state index in [4.69, 9.17) is 6.57 Å². The molecule has 0 aliphatic carbocycles. The maximum absolute atomic E-state index is 13.0. The fraction of sp³-hybridized carbons (Fsp3) is 0.103. The van der Waals surface area contributed by atoms with Crippen LogP contribution in [0, 0.1) is 17.9 Å². The molecule has 0 saturated carbocycles. The van der Waals surface area contributed by atoms with Crippen LogP contribution in [0.5, 0.6) is 0 Å². The van der Waals surface area contributed by atoms with Crippen molar-refractivity contribution in [2.75, 3.05) is 4.90 Å². The van der Waals surface area contributed by atoms with E-state index in [1.807, 2.05) is 24.3 Å². The lowest BCUT2D eigenvalue weighted by Gasteiger charge is -2.42. The molecule has 0 amide bonds. The molecule has 0 bridgehead atoms. The number of hydrogen-bond acceptors (Lipinski definition) is 8. The van der Waals surface area contributed by atoms with Gasteiger partial charge in [-0.2, -0.15) is 8.75 Å². The van der Waals surface area contributed by atoms with E-state index < -0.39 is 0 Å². The van der Waals surface area contributed by atoms with Crippen LogP contribution in [0.15, 0.2) is 102 Å². The molecule has 0 spiro atoms. The molecule has 0 saturated heterocycles. The third-order valence-electron chi connectivity index (χ3n) is 9.08. The second-order valence-electron chi connectivity index (χ2n) is 12.2. The molecule has 0 N–H and O–H groups in total. The largest absolute Gasteiger partial charge is 0.310 e. The molecule has 0 radical (unpaired) electrons. The van der Waals surface area contributed by atoms with Gasteiger partial charge in [-0.05, 0) is 65.2 Å². The zero-order valence-electron chi connectivity index (χ0n) is 26.6. The number of rotatable bonds is 4. The molecule has 0 fully saturated rings. The van der Waals surface area contributed by atoms with Crippen LogP contribution in [-0.2, 0) is 12.5 Å². The molecule has 0 atom stereocenters. The van der Waals surface area contributed by atoms with Gasteiger partial charge in [0.2, 0.25) is 0 Å². The molecular formula is C39H26N6OS3. The highest BCUT2D eigenvalue weighted by Gasteiger charge is 2.37. The molecule has 1 aliphatic heterocycles. The molecule has 10 heteroatoms. The summed E-state index contributed by atoms with van der Waals surface area (Å²) in [6.07, 6.45) is 1.77. The first-order chi connectivity index (χ1) is 23.8. The van der Waals surface area contributed by atoms with E-state index in [0.717, 1.165) is 60.7 Å². The summed E-state index contributed by atoms with van der Waals surface area (Å²) < 4.78 is 11.4. The average Bonchev–Trinajstić information content (AvgIpc) is 3.88. The Morgan fingerprint density at radius 1 is 0.878 bits per heavy atom. The van der Waals surface area contributed by atoms with Crippen molar-refractivity contribution < 1.29 is 0 Å². The number of hydrogen-bond donors (Lipinski definition) is 0. The lowest BCUT2D eigenvalue weighted by molar-refractivity contribution is 0.632. The van der Waals surface area contributed by atoms with E-state index in [1.54, 1.807) is 24.5 Å². The van der Waals surface area contributed by atoms with Gasteiger partial charge in [0.25, 0.3) is 11.3 Å². The molecule has 7 nitrogen and oxygen atoms in total. The summed E-state index contributed by atoms with van der Waals surface area (Å²) in [5.41, 5.74) is 9.89. The lowest BCUT2D eigenvalue weighted by atomic mass is 9.73. The Kier molecular flexibility index (Phi) is 7.38. The second-order valence-corrected chi connectivity index (χ2v) is 14.9. The van der Waals surface area contributed by atoms with Crippen molar-refractivity contribution in [2.24, 2.45) is 7.05 Å². The smallest absolute Gasteiger partial charge is 0.294 e. The normalized spacial score (nSPS) is 14.2. The summed E-state index contributed by atoms with van der Waals surface area (Å²) in [6, 6.07) is 36.2. The Labute approximate surface area is 294 Å². The third kappa shape index (κ3) is 4.92. The van der Waals surface area contributed by atoms with Crippen LogP contribution < -0.4 is 19.7 Å². The summed E-state index contributed by atoms with van der Waals surface area (Å²) in [6.45, 7) is 11.9. The van der Waals surface area contributed by atoms with Crippen LogP contribution in [0.3, 0.4) is 0 Å². The third-order valence-corrected chi connectivity index (χ3v) is 11.9. The summed E-state index contributed by atoms with van der Waals surface area (Å²) in [5, 5.41) is 9.35. The minimum absolute atomic E-state index is 0.102. The fourth-order valence-corrected chi connectivity index (χ4v) is 9.22. The standard InChI is InChI=1S/C39H26N6OS3/c1-39(2)27-12-8-9-13-30(27)45(25-10-6-5-7-11-25)31-17-15-23(20-28(31)39)32-18-19-33(47-32)26-16-14-24(35-36(26)43-49-42-35)21-34-37(46)44(4)38(48-34)29(22-40)41-3/h5-21H,1-2,4H3/b34-21?,38-29-. The Morgan fingerprint density at radius 2 is 1.61 bits per heavy atom. The minimum atomic E-state index is -0.261. The van der Waals surface area contributed by atoms with Crippen LogP contribution in [-0.4, -0.2) is 13.3 Å². The molecule has 0 unspecified atom stereocenters. The summed E-state index contributed by atoms with van der Waals surface area (Å²) in [7, 11) is 1.58. The van der Waals surface area contributed by atoms with Crippen molar-refractivity contribution in [2.45, 2.75) is 19.3 Å². The number of thiazole rings is 1. The molecule has 4 aromatic carbocycles. The Bertz CT molecular complexity index is 2700. The number of thiophene rings is 1. The van der Waals surface area contributed by atoms with Gasteiger partial charge in [0.05, 0.1) is 40.3 Å². The zero-order valence-corrected chi connectivity index (χ0v) is 29.1. The van der Waals surface area contributed by atoms with Crippen molar-refractivity contribution in [1.82, 2.24) is 13.3 Å². The van der Waals surface area contributed by atoms with Crippen LogP contribution in [0.1, 0.15) is 30.5 Å². The first-order valence-electron chi connectivity index (χ1n) is 15.4. The molecule has 3 aromatic heterocycles. The first kappa shape index (κ1) is 30.7. The topological polar surface area (TPSA) is 79.2 Å². The fourth-order valence-electron chi connectivity index (χ4n) is 6.58. The highest BCUT2D eigenvalue weighted by molar-refractivity contribution is 7.19. The van der Waals surface area contributed by atoms with Gasteiger partial charge in [0.1, 0.15) is 15.7 Å². The number of aromatic nitrogens is 3. The summed E-state index contributed by atoms with van der Waals surface area (Å²) in [4.78, 5) is 20.9. The Morgan fingerprint density at radius 3 is 2.41 bits per heavy atom. The van der Waals surface area contributed by atoms with Crippen molar-refractivity contribution in [3.05, 3.63) is 145 Å². The van der Waals surface area contributed by atoms with Crippen LogP contribution in [0.25, 0.3) is 48.5 Å². The van der Waals surface area contributed by atoms with Crippen molar-refractivity contribution >= 4 is 74.3 Å². The van der Waals surface area contributed by atoms with E-state index in [1.165, 1.54) is 27.1 Å². The number of fused-ring (bicyclic) bond motifs is 3. The van der Waals surface area contributed by atoms with Crippen LogP contribution in [0.2, 0.25) is 0 Å². The summed E-state index contributed by atoms with van der Waals surface area (Å²) >= 11 is 3.98. The number of para-hydroxylation sites is 2. The lowest BCUT2D eigenvalue weighted by Crippen LogP contribution is -2.30. The number of benzene rings is 4. The second kappa shape index (κ2) is 11.8. The Balaban J connectivity index is 1.20. The van der Waals surface area contributed by atoms with Crippen LogP contribution in [0.4, 0.5) is 17.1 Å². The van der Waals surface area contributed by atoms with Gasteiger partial charge >= 0.3 is 0 Å². The van der Waals surface area contributed by atoms with Gasteiger partial charge in [-0.15, -0.1) is 22.7 Å². The maximum Gasteiger partial charge on any atom is 0.294 e. The van der Waals surface area contributed by atoms with Crippen molar-refractivity contribution in [3.8, 4) is 27.0 Å². The van der Waals surface area contributed by atoms with E-state index in [9.17, 15) is 10.1 Å². The van der Waals surface area contributed by atoms with Gasteiger partial charge in [-0.1, -0.05) is 68.4 Å². The quantitative estimate of drug-likeness (QED) is 0.174. The molecular weight excluding hydrogens is 665 g/mol. The SMILES string of the molecule is [C-]#[N+]/C(C#N)=c1\sc(=Cc2ccc(-c3ccc(-c4ccc5c(c4)C(C)(C)c4ccccc4N5c4ccccc4)s3)c3nsnc23)c(=O)n1C. The predicted octanol–water partition coefficient (Wildman–Crippen LogP) is 8.34. The number of nitriles is 1. The van der Waals surface area contributed by atoms with Crippen LogP contribution >= 0.6 is 34.4 Å². The monoisotopic (exact) mass is 690 g/mol. The van der Waals surface area contributed by atoms with Crippen molar-refractivity contribution in [3.63, 3.8) is 0 Å². The van der Waals surface area contributed by atoms with Gasteiger partial charge in [0.15, 0.2) is 0 Å². The van der Waals surface area contributed by atoms with Gasteiger partial charge in [0, 0.05) is 39.0 Å². The average molecular weight is 691 g/mol. The van der Waals surface area contributed by atoms with Gasteiger partial charge < -0.3 is 9.47 Å². The minimum Gasteiger partial charge on any atom is -0.310 e. The van der Waals surface area contributed by atoms with Crippen molar-refractivity contribution in [1.29, 1.82) is 5.26 Å². The summed E-state index contributed by atoms with van der Waals surface area (Å²) in [5.74, 6) is 0. The highest BCUT2D eigenvalue weighted by Crippen LogP contribution is 2.52. The Hall–Kier alpha value is -5.65. The molecule has 7 aromatic rings. The molecule has 4 heterocycles. The molecule has 49 heavy (non-hydrogen) atoms. The predicted molar refractivity (Wildman–Crippen MR) is 201 cm³/mol. The molecule has 236 valence electrons. The van der Waals surface area contributed by atoms with Gasteiger partial charge in [-0.3, -0.25) is 4.79 Å². The molecule has 8 rings (SSSR count). The highest BCUT2D eigenvalue weighted by atomic mass is 32.1. The number of anilines is 3.